The fourth-order valence-electron chi connectivity index (χ4n) is 1.87. The third kappa shape index (κ3) is 25.0. The first-order chi connectivity index (χ1) is 14.3. The van der Waals surface area contributed by atoms with Crippen molar-refractivity contribution >= 4 is 20.3 Å². The first-order valence-corrected chi connectivity index (χ1v) is 13.5. The number of hydrogen-bond acceptors (Lipinski definition) is 10. The minimum Gasteiger partial charge on any atom is -0.518 e. The smallest absolute Gasteiger partial charge is 0.318 e. The summed E-state index contributed by atoms with van der Waals surface area (Å²) in [6.07, 6.45) is 0. The maximum atomic E-state index is 11.4. The summed E-state index contributed by atoms with van der Waals surface area (Å²) in [5.41, 5.74) is 0. The number of hydrogen-bond donors (Lipinski definition) is 0. The van der Waals surface area contributed by atoms with Crippen LogP contribution in [-0.2, 0) is 47.2 Å². The van der Waals surface area contributed by atoms with E-state index in [0.717, 1.165) is 0 Å². The summed E-state index contributed by atoms with van der Waals surface area (Å²) in [6, 6.07) is 0. The summed E-state index contributed by atoms with van der Waals surface area (Å²) < 4.78 is 41.8. The number of ether oxygens (including phenoxy) is 7. The molecule has 0 saturated heterocycles. The van der Waals surface area contributed by atoms with E-state index in [9.17, 15) is 9.59 Å². The highest BCUT2D eigenvalue weighted by molar-refractivity contribution is 6.71. The van der Waals surface area contributed by atoms with E-state index in [1.165, 1.54) is 6.92 Å². The molecule has 0 aliphatic rings. The topological polar surface area (TPSA) is 108 Å². The Morgan fingerprint density at radius 3 is 1.23 bits per heavy atom. The van der Waals surface area contributed by atoms with E-state index in [4.69, 9.17) is 37.6 Å². The molecule has 0 aromatic carbocycles. The Morgan fingerprint density at radius 1 is 0.567 bits per heavy atom. The van der Waals surface area contributed by atoms with Gasteiger partial charge in [-0.2, -0.15) is 0 Å². The minimum absolute atomic E-state index is 0.0473. The summed E-state index contributed by atoms with van der Waals surface area (Å²) in [5.74, 6) is -0.640. The summed E-state index contributed by atoms with van der Waals surface area (Å²) >= 11 is 0. The van der Waals surface area contributed by atoms with Gasteiger partial charge in [0, 0.05) is 6.92 Å². The Balaban J connectivity index is 3.13. The molecule has 0 radical (unpaired) electrons. The zero-order chi connectivity index (χ0) is 22.5. The predicted octanol–water partition coefficient (Wildman–Crippen LogP) is 1.03. The molecule has 0 aliphatic heterocycles. The van der Waals surface area contributed by atoms with E-state index >= 15 is 0 Å². The Bertz CT molecular complexity index is 428. The van der Waals surface area contributed by atoms with Crippen molar-refractivity contribution in [3.8, 4) is 0 Å². The van der Waals surface area contributed by atoms with Crippen molar-refractivity contribution in [1.29, 1.82) is 0 Å². The van der Waals surface area contributed by atoms with E-state index in [0.29, 0.717) is 72.7 Å². The summed E-state index contributed by atoms with van der Waals surface area (Å²) in [4.78, 5) is 22.0. The van der Waals surface area contributed by atoms with Crippen molar-refractivity contribution in [3.63, 3.8) is 0 Å². The third-order valence-corrected chi connectivity index (χ3v) is 3.87. The highest BCUT2D eigenvalue weighted by Crippen LogP contribution is 2.02. The average molecular weight is 455 g/mol. The molecule has 0 unspecified atom stereocenters. The molecule has 0 bridgehead atoms. The summed E-state index contributed by atoms with van der Waals surface area (Å²) in [6.45, 7) is 12.2. The molecule has 0 fully saturated rings. The zero-order valence-corrected chi connectivity index (χ0v) is 19.8. The van der Waals surface area contributed by atoms with E-state index in [-0.39, 0.29) is 25.2 Å². The van der Waals surface area contributed by atoms with Gasteiger partial charge in [-0.3, -0.25) is 9.59 Å². The molecule has 0 aliphatic carbocycles. The fraction of sp³-hybridized carbons (Fsp3) is 0.895. The highest BCUT2D eigenvalue weighted by atomic mass is 28.4. The molecule has 30 heavy (non-hydrogen) atoms. The highest BCUT2D eigenvalue weighted by Gasteiger charge is 2.19. The molecule has 0 aromatic heterocycles. The van der Waals surface area contributed by atoms with Gasteiger partial charge in [0.25, 0.3) is 0 Å². The standard InChI is InChI=1S/C19H38O10Si/c1-18(20)28-16-15-26-12-11-24-8-7-22-5-6-23-9-10-25-13-14-27-17-19(21)29-30(2,3)4/h5-17H2,1-4H3. The monoisotopic (exact) mass is 454 g/mol. The lowest BCUT2D eigenvalue weighted by molar-refractivity contribution is -0.143. The van der Waals surface area contributed by atoms with Gasteiger partial charge in [0.1, 0.15) is 13.2 Å². The van der Waals surface area contributed by atoms with Gasteiger partial charge in [0.05, 0.1) is 72.7 Å². The van der Waals surface area contributed by atoms with E-state index in [1.54, 1.807) is 0 Å². The third-order valence-electron chi connectivity index (χ3n) is 3.03. The van der Waals surface area contributed by atoms with Crippen LogP contribution in [0.1, 0.15) is 6.92 Å². The first kappa shape index (κ1) is 28.9. The number of carbonyl (C=O) groups excluding carboxylic acids is 2. The van der Waals surface area contributed by atoms with Crippen molar-refractivity contribution in [3.05, 3.63) is 0 Å². The van der Waals surface area contributed by atoms with Crippen molar-refractivity contribution < 1.29 is 47.2 Å². The SMILES string of the molecule is CC(=O)OCCOCCOCCOCCOCCOCCOCC(=O)O[Si](C)(C)C. The summed E-state index contributed by atoms with van der Waals surface area (Å²) in [5, 5.41) is 0. The summed E-state index contributed by atoms with van der Waals surface area (Å²) in [7, 11) is -1.85. The molecule has 0 saturated carbocycles. The lowest BCUT2D eigenvalue weighted by Crippen LogP contribution is -2.31. The van der Waals surface area contributed by atoms with Gasteiger partial charge in [-0.05, 0) is 19.6 Å². The van der Waals surface area contributed by atoms with Gasteiger partial charge < -0.3 is 37.6 Å². The van der Waals surface area contributed by atoms with E-state index < -0.39 is 8.32 Å². The maximum absolute atomic E-state index is 11.4. The normalized spacial score (nSPS) is 11.5. The lowest BCUT2D eigenvalue weighted by Gasteiger charge is -2.17. The molecular weight excluding hydrogens is 416 g/mol. The number of rotatable bonds is 21. The van der Waals surface area contributed by atoms with Gasteiger partial charge in [0.15, 0.2) is 0 Å². The lowest BCUT2D eigenvalue weighted by atomic mass is 10.6. The quantitative estimate of drug-likeness (QED) is 0.142. The van der Waals surface area contributed by atoms with Gasteiger partial charge in [-0.15, -0.1) is 0 Å². The van der Waals surface area contributed by atoms with Gasteiger partial charge in [0.2, 0.25) is 8.32 Å². The predicted molar refractivity (Wildman–Crippen MR) is 111 cm³/mol. The molecule has 0 amide bonds. The molecule has 0 rings (SSSR count). The Kier molecular flexibility index (Phi) is 19.1. The molecule has 0 aromatic rings. The Labute approximate surface area is 180 Å². The molecule has 0 atom stereocenters. The maximum Gasteiger partial charge on any atom is 0.318 e. The first-order valence-electron chi connectivity index (χ1n) is 10.1. The molecule has 0 heterocycles. The Hall–Kier alpha value is -1.08. The van der Waals surface area contributed by atoms with Gasteiger partial charge >= 0.3 is 11.9 Å². The second kappa shape index (κ2) is 19.9. The van der Waals surface area contributed by atoms with Crippen LogP contribution in [0.25, 0.3) is 0 Å². The molecular formula is C19H38O10Si. The van der Waals surface area contributed by atoms with E-state index in [2.05, 4.69) is 0 Å². The van der Waals surface area contributed by atoms with Crippen molar-refractivity contribution in [2.45, 2.75) is 26.6 Å². The molecule has 10 nitrogen and oxygen atoms in total. The number of esters is 1. The molecule has 0 N–H and O–H groups in total. The van der Waals surface area contributed by atoms with Crippen LogP contribution in [0.4, 0.5) is 0 Å². The van der Waals surface area contributed by atoms with Crippen LogP contribution in [0.5, 0.6) is 0 Å². The van der Waals surface area contributed by atoms with Crippen LogP contribution in [0.2, 0.25) is 19.6 Å². The average Bonchev–Trinajstić information content (AvgIpc) is 2.64. The van der Waals surface area contributed by atoms with Crippen molar-refractivity contribution in [2.75, 3.05) is 85.9 Å². The van der Waals surface area contributed by atoms with E-state index in [1.807, 2.05) is 19.6 Å². The van der Waals surface area contributed by atoms with Crippen LogP contribution >= 0.6 is 0 Å². The van der Waals surface area contributed by atoms with Gasteiger partial charge in [-0.1, -0.05) is 0 Å². The molecule has 0 spiro atoms. The van der Waals surface area contributed by atoms with Crippen molar-refractivity contribution in [1.82, 2.24) is 0 Å². The second-order valence-electron chi connectivity index (χ2n) is 7.04. The minimum atomic E-state index is -1.85. The van der Waals surface area contributed by atoms with Crippen LogP contribution in [-0.4, -0.2) is 106 Å². The second-order valence-corrected chi connectivity index (χ2v) is 11.5. The van der Waals surface area contributed by atoms with Gasteiger partial charge in [-0.25, -0.2) is 0 Å². The van der Waals surface area contributed by atoms with Crippen LogP contribution in [0.3, 0.4) is 0 Å². The fourth-order valence-corrected chi connectivity index (χ4v) is 2.61. The molecule has 178 valence electrons. The molecule has 11 heteroatoms. The van der Waals surface area contributed by atoms with Crippen LogP contribution in [0.15, 0.2) is 0 Å². The van der Waals surface area contributed by atoms with Crippen LogP contribution < -0.4 is 0 Å². The largest absolute Gasteiger partial charge is 0.518 e. The Morgan fingerprint density at radius 2 is 0.900 bits per heavy atom. The van der Waals surface area contributed by atoms with Crippen LogP contribution in [0, 0.1) is 0 Å². The van der Waals surface area contributed by atoms with Crippen molar-refractivity contribution in [2.24, 2.45) is 0 Å². The zero-order valence-electron chi connectivity index (χ0n) is 18.8. The number of carbonyl (C=O) groups is 2.